The fraction of sp³-hybridized carbons (Fsp3) is 0.625. The van der Waals surface area contributed by atoms with Crippen molar-refractivity contribution in [3.63, 3.8) is 0 Å². The zero-order valence-corrected chi connectivity index (χ0v) is 14.1. The molecule has 1 aromatic rings. The Morgan fingerprint density at radius 1 is 1.13 bits per heavy atom. The van der Waals surface area contributed by atoms with E-state index in [0.717, 1.165) is 25.9 Å². The zero-order chi connectivity index (χ0) is 16.0. The first-order valence-electron chi connectivity index (χ1n) is 8.21. The maximum Gasteiger partial charge on any atom is 0.243 e. The van der Waals surface area contributed by atoms with Crippen LogP contribution in [0.2, 0.25) is 0 Å². The molecule has 0 bridgehead atoms. The number of fused-ring (bicyclic) bond motifs is 2. The van der Waals surface area contributed by atoms with Gasteiger partial charge in [0, 0.05) is 31.2 Å². The Morgan fingerprint density at radius 3 is 2.74 bits per heavy atom. The van der Waals surface area contributed by atoms with E-state index in [0.29, 0.717) is 42.2 Å². The van der Waals surface area contributed by atoms with Gasteiger partial charge in [0.2, 0.25) is 10.0 Å². The first-order valence-corrected chi connectivity index (χ1v) is 9.65. The molecule has 0 aromatic heterocycles. The van der Waals surface area contributed by atoms with Crippen molar-refractivity contribution in [1.29, 1.82) is 0 Å². The predicted octanol–water partition coefficient (Wildman–Crippen LogP) is 1.31. The number of sulfonamides is 1. The van der Waals surface area contributed by atoms with E-state index in [9.17, 15) is 8.42 Å². The fourth-order valence-electron chi connectivity index (χ4n) is 3.81. The van der Waals surface area contributed by atoms with Crippen LogP contribution in [0, 0.1) is 0 Å². The second-order valence-corrected chi connectivity index (χ2v) is 8.41. The molecule has 2 unspecified atom stereocenters. The molecule has 0 saturated carbocycles. The molecule has 23 heavy (non-hydrogen) atoms. The van der Waals surface area contributed by atoms with Crippen molar-refractivity contribution in [2.75, 3.05) is 32.8 Å². The smallest absolute Gasteiger partial charge is 0.243 e. The summed E-state index contributed by atoms with van der Waals surface area (Å²) in [6.45, 7) is 5.43. The molecule has 0 radical (unpaired) electrons. The number of hydrogen-bond donors (Lipinski definition) is 0. The summed E-state index contributed by atoms with van der Waals surface area (Å²) in [7, 11) is -3.51. The van der Waals surface area contributed by atoms with Gasteiger partial charge in [0.25, 0.3) is 0 Å². The minimum Gasteiger partial charge on any atom is -0.486 e. The summed E-state index contributed by atoms with van der Waals surface area (Å²) < 4.78 is 38.8. The lowest BCUT2D eigenvalue weighted by Crippen LogP contribution is -2.56. The van der Waals surface area contributed by atoms with E-state index in [1.165, 1.54) is 0 Å². The molecule has 2 fully saturated rings. The highest BCUT2D eigenvalue weighted by molar-refractivity contribution is 7.89. The van der Waals surface area contributed by atoms with E-state index in [4.69, 9.17) is 9.47 Å². The van der Waals surface area contributed by atoms with Crippen LogP contribution < -0.4 is 9.47 Å². The van der Waals surface area contributed by atoms with Gasteiger partial charge in [0.1, 0.15) is 13.2 Å². The minimum atomic E-state index is -3.51. The Kier molecular flexibility index (Phi) is 3.74. The van der Waals surface area contributed by atoms with Crippen molar-refractivity contribution >= 4 is 10.0 Å². The maximum absolute atomic E-state index is 13.1. The van der Waals surface area contributed by atoms with Crippen molar-refractivity contribution in [2.24, 2.45) is 0 Å². The summed E-state index contributed by atoms with van der Waals surface area (Å²) in [5.41, 5.74) is 0. The van der Waals surface area contributed by atoms with Crippen molar-refractivity contribution in [3.05, 3.63) is 18.2 Å². The Morgan fingerprint density at radius 2 is 1.91 bits per heavy atom. The van der Waals surface area contributed by atoms with Crippen molar-refractivity contribution in [3.8, 4) is 11.5 Å². The van der Waals surface area contributed by atoms with Gasteiger partial charge >= 0.3 is 0 Å². The number of benzene rings is 1. The number of hydrogen-bond acceptors (Lipinski definition) is 5. The van der Waals surface area contributed by atoms with Gasteiger partial charge in [0.05, 0.1) is 4.90 Å². The maximum atomic E-state index is 13.1. The van der Waals surface area contributed by atoms with Gasteiger partial charge in [-0.05, 0) is 38.4 Å². The highest BCUT2D eigenvalue weighted by Crippen LogP contribution is 2.35. The molecular weight excluding hydrogens is 316 g/mol. The van der Waals surface area contributed by atoms with Crippen LogP contribution in [0.15, 0.2) is 23.1 Å². The molecule has 3 heterocycles. The Hall–Kier alpha value is -1.31. The van der Waals surface area contributed by atoms with Crippen LogP contribution in [0.5, 0.6) is 11.5 Å². The van der Waals surface area contributed by atoms with Crippen LogP contribution in [0.3, 0.4) is 0 Å². The van der Waals surface area contributed by atoms with Gasteiger partial charge in [0.15, 0.2) is 11.5 Å². The van der Waals surface area contributed by atoms with E-state index in [2.05, 4.69) is 4.90 Å². The minimum absolute atomic E-state index is 0.0115. The second-order valence-electron chi connectivity index (χ2n) is 6.52. The molecule has 0 aliphatic carbocycles. The average molecular weight is 338 g/mol. The lowest BCUT2D eigenvalue weighted by Gasteiger charge is -2.41. The molecule has 4 rings (SSSR count). The van der Waals surface area contributed by atoms with E-state index in [1.54, 1.807) is 22.5 Å². The standard InChI is InChI=1S/C16H22N2O4S/c1-12-10-17-6-2-3-13(17)11-18(12)23(19,20)14-4-5-15-16(9-14)22-8-7-21-15/h4-5,9,12-13H,2-3,6-8,10-11H2,1H3. The normalized spacial score (nSPS) is 28.6. The first-order chi connectivity index (χ1) is 11.1. The highest BCUT2D eigenvalue weighted by atomic mass is 32.2. The van der Waals surface area contributed by atoms with Gasteiger partial charge in [-0.15, -0.1) is 0 Å². The number of piperazine rings is 1. The molecule has 3 aliphatic heterocycles. The summed E-state index contributed by atoms with van der Waals surface area (Å²) in [5, 5.41) is 0. The Bertz CT molecular complexity index is 706. The SMILES string of the molecule is CC1CN2CCCC2CN1S(=O)(=O)c1ccc2c(c1)OCCO2. The van der Waals surface area contributed by atoms with Crippen LogP contribution in [-0.2, 0) is 10.0 Å². The topological polar surface area (TPSA) is 59.1 Å². The third kappa shape index (κ3) is 2.60. The lowest BCUT2D eigenvalue weighted by atomic mass is 10.1. The third-order valence-electron chi connectivity index (χ3n) is 5.00. The number of rotatable bonds is 2. The van der Waals surface area contributed by atoms with Gasteiger partial charge in [-0.25, -0.2) is 8.42 Å². The van der Waals surface area contributed by atoms with Crippen LogP contribution in [-0.4, -0.2) is 62.6 Å². The largest absolute Gasteiger partial charge is 0.486 e. The zero-order valence-electron chi connectivity index (χ0n) is 13.3. The van der Waals surface area contributed by atoms with E-state index in [1.807, 2.05) is 6.92 Å². The predicted molar refractivity (Wildman–Crippen MR) is 85.4 cm³/mol. The quantitative estimate of drug-likeness (QED) is 0.814. The monoisotopic (exact) mass is 338 g/mol. The van der Waals surface area contributed by atoms with Gasteiger partial charge in [-0.1, -0.05) is 0 Å². The molecule has 0 spiro atoms. The molecular formula is C16H22N2O4S. The Balaban J connectivity index is 1.64. The van der Waals surface area contributed by atoms with Crippen LogP contribution >= 0.6 is 0 Å². The lowest BCUT2D eigenvalue weighted by molar-refractivity contribution is 0.117. The molecule has 0 N–H and O–H groups in total. The highest BCUT2D eigenvalue weighted by Gasteiger charge is 2.40. The van der Waals surface area contributed by atoms with Gasteiger partial charge < -0.3 is 9.47 Å². The van der Waals surface area contributed by atoms with Crippen LogP contribution in [0.4, 0.5) is 0 Å². The number of nitrogens with zero attached hydrogens (tertiary/aromatic N) is 2. The first kappa shape index (κ1) is 15.2. The van der Waals surface area contributed by atoms with Crippen LogP contribution in [0.25, 0.3) is 0 Å². The summed E-state index contributed by atoms with van der Waals surface area (Å²) >= 11 is 0. The molecule has 0 amide bonds. The number of ether oxygens (including phenoxy) is 2. The molecule has 3 aliphatic rings. The third-order valence-corrected chi connectivity index (χ3v) is 6.98. The van der Waals surface area contributed by atoms with E-state index < -0.39 is 10.0 Å². The Labute approximate surface area is 137 Å². The molecule has 7 heteroatoms. The average Bonchev–Trinajstić information content (AvgIpc) is 3.00. The van der Waals surface area contributed by atoms with E-state index in [-0.39, 0.29) is 6.04 Å². The molecule has 1 aromatic carbocycles. The van der Waals surface area contributed by atoms with Crippen molar-refractivity contribution in [2.45, 2.75) is 36.7 Å². The summed E-state index contributed by atoms with van der Waals surface area (Å²) in [4.78, 5) is 2.71. The summed E-state index contributed by atoms with van der Waals surface area (Å²) in [5.74, 6) is 1.13. The summed E-state index contributed by atoms with van der Waals surface area (Å²) in [6, 6.07) is 5.26. The molecule has 126 valence electrons. The van der Waals surface area contributed by atoms with Crippen molar-refractivity contribution < 1.29 is 17.9 Å². The molecule has 2 atom stereocenters. The van der Waals surface area contributed by atoms with Crippen molar-refractivity contribution in [1.82, 2.24) is 9.21 Å². The summed E-state index contributed by atoms with van der Waals surface area (Å²) in [6.07, 6.45) is 2.25. The van der Waals surface area contributed by atoms with Gasteiger partial charge in [-0.3, -0.25) is 4.90 Å². The second kappa shape index (κ2) is 5.65. The fourth-order valence-corrected chi connectivity index (χ4v) is 5.49. The molecule has 2 saturated heterocycles. The molecule has 6 nitrogen and oxygen atoms in total. The van der Waals surface area contributed by atoms with E-state index >= 15 is 0 Å². The van der Waals surface area contributed by atoms with Crippen LogP contribution in [0.1, 0.15) is 19.8 Å². The van der Waals surface area contributed by atoms with Gasteiger partial charge in [-0.2, -0.15) is 4.31 Å².